The molecule has 1 heterocycles. The monoisotopic (exact) mass is 521 g/mol. The van der Waals surface area contributed by atoms with E-state index in [9.17, 15) is 9.59 Å². The van der Waals surface area contributed by atoms with Gasteiger partial charge in [0.25, 0.3) is 0 Å². The second-order valence-electron chi connectivity index (χ2n) is 9.69. The molecular formula is C30H35NO7. The van der Waals surface area contributed by atoms with Crippen molar-refractivity contribution in [3.05, 3.63) is 70.1 Å². The van der Waals surface area contributed by atoms with E-state index < -0.39 is 11.9 Å². The lowest BCUT2D eigenvalue weighted by Crippen LogP contribution is -2.36. The van der Waals surface area contributed by atoms with Crippen LogP contribution in [-0.4, -0.2) is 46.3 Å². The summed E-state index contributed by atoms with van der Waals surface area (Å²) in [5, 5.41) is 3.38. The van der Waals surface area contributed by atoms with Crippen LogP contribution in [0.3, 0.4) is 0 Å². The van der Waals surface area contributed by atoms with Gasteiger partial charge in [-0.3, -0.25) is 4.79 Å². The molecule has 38 heavy (non-hydrogen) atoms. The summed E-state index contributed by atoms with van der Waals surface area (Å²) in [6, 6.07) is 11.2. The summed E-state index contributed by atoms with van der Waals surface area (Å²) in [5.74, 6) is 1.18. The Morgan fingerprint density at radius 2 is 1.61 bits per heavy atom. The van der Waals surface area contributed by atoms with Crippen molar-refractivity contribution >= 4 is 11.8 Å². The molecule has 0 amide bonds. The highest BCUT2D eigenvalue weighted by molar-refractivity contribution is 6.04. The smallest absolute Gasteiger partial charge is 0.337 e. The summed E-state index contributed by atoms with van der Waals surface area (Å²) in [7, 11) is 6.33. The number of allylic oxidation sites excluding steroid dienone is 3. The number of Topliss-reactive ketones (excluding diaryl/α,β-unsaturated/α-hetero) is 1. The van der Waals surface area contributed by atoms with Crippen molar-refractivity contribution in [3.8, 4) is 23.0 Å². The van der Waals surface area contributed by atoms with Crippen molar-refractivity contribution in [2.45, 2.75) is 51.6 Å². The maximum absolute atomic E-state index is 13.9. The van der Waals surface area contributed by atoms with Gasteiger partial charge >= 0.3 is 5.97 Å². The fraction of sp³-hybridized carbons (Fsp3) is 0.400. The molecule has 0 radical (unpaired) electrons. The van der Waals surface area contributed by atoms with Crippen LogP contribution in [0.1, 0.15) is 56.6 Å². The van der Waals surface area contributed by atoms with E-state index in [0.29, 0.717) is 51.8 Å². The van der Waals surface area contributed by atoms with Gasteiger partial charge in [-0.25, -0.2) is 4.79 Å². The topological polar surface area (TPSA) is 92.3 Å². The van der Waals surface area contributed by atoms with E-state index in [-0.39, 0.29) is 24.2 Å². The van der Waals surface area contributed by atoms with Crippen molar-refractivity contribution in [2.75, 3.05) is 28.4 Å². The minimum absolute atomic E-state index is 0.0382. The Kier molecular flexibility index (Phi) is 7.99. The molecule has 1 aliphatic heterocycles. The number of benzene rings is 2. The van der Waals surface area contributed by atoms with Crippen LogP contribution in [0, 0.1) is 0 Å². The third-order valence-corrected chi connectivity index (χ3v) is 7.02. The minimum atomic E-state index is -0.641. The van der Waals surface area contributed by atoms with Crippen LogP contribution < -0.4 is 24.3 Å². The largest absolute Gasteiger partial charge is 0.497 e. The first-order valence-corrected chi connectivity index (χ1v) is 12.6. The van der Waals surface area contributed by atoms with Crippen LogP contribution in [-0.2, 0) is 14.3 Å². The van der Waals surface area contributed by atoms with Crippen LogP contribution in [0.25, 0.3) is 0 Å². The molecule has 0 unspecified atom stereocenters. The van der Waals surface area contributed by atoms with Crippen molar-refractivity contribution in [1.82, 2.24) is 5.32 Å². The van der Waals surface area contributed by atoms with Gasteiger partial charge < -0.3 is 29.0 Å². The molecule has 2 aliphatic rings. The molecule has 0 saturated heterocycles. The van der Waals surface area contributed by atoms with E-state index in [1.807, 2.05) is 31.2 Å². The molecule has 1 N–H and O–H groups in total. The summed E-state index contributed by atoms with van der Waals surface area (Å²) >= 11 is 0. The summed E-state index contributed by atoms with van der Waals surface area (Å²) in [6.07, 6.45) is 0.569. The van der Waals surface area contributed by atoms with Crippen molar-refractivity contribution in [1.29, 1.82) is 0 Å². The Bertz CT molecular complexity index is 1310. The summed E-state index contributed by atoms with van der Waals surface area (Å²) in [6.45, 7) is 5.45. The standard InChI is InChI=1S/C30H35NO7/c1-16(2)38-30(33)27-17(3)31-22-12-19(18-8-11-24(35-5)26(14-18)37-7)13-23(32)29(22)28(27)21-10-9-20(34-4)15-25(21)36-6/h8-11,14-16,19,28,31H,12-13H2,1-7H3/t19-,28+/m1/s1. The number of carbonyl (C=O) groups excluding carboxylic acids is 2. The Morgan fingerprint density at radius 1 is 0.895 bits per heavy atom. The highest BCUT2D eigenvalue weighted by Crippen LogP contribution is 2.48. The average molecular weight is 522 g/mol. The van der Waals surface area contributed by atoms with Crippen LogP contribution in [0.2, 0.25) is 0 Å². The van der Waals surface area contributed by atoms with Gasteiger partial charge in [-0.2, -0.15) is 0 Å². The van der Waals surface area contributed by atoms with Gasteiger partial charge in [-0.15, -0.1) is 0 Å². The van der Waals surface area contributed by atoms with E-state index in [1.54, 1.807) is 54.4 Å². The number of carbonyl (C=O) groups is 2. The van der Waals surface area contributed by atoms with Crippen LogP contribution in [0.5, 0.6) is 23.0 Å². The number of rotatable bonds is 8. The van der Waals surface area contributed by atoms with Gasteiger partial charge in [0.1, 0.15) is 11.5 Å². The summed E-state index contributed by atoms with van der Waals surface area (Å²) in [4.78, 5) is 27.3. The summed E-state index contributed by atoms with van der Waals surface area (Å²) in [5.41, 5.74) is 4.09. The predicted octanol–water partition coefficient (Wildman–Crippen LogP) is 5.03. The number of esters is 1. The zero-order valence-corrected chi connectivity index (χ0v) is 23.0. The zero-order valence-electron chi connectivity index (χ0n) is 23.0. The van der Waals surface area contributed by atoms with Crippen LogP contribution in [0.4, 0.5) is 0 Å². The normalized spacial score (nSPS) is 19.1. The Morgan fingerprint density at radius 3 is 2.24 bits per heavy atom. The number of ketones is 1. The van der Waals surface area contributed by atoms with Crippen molar-refractivity contribution in [2.24, 2.45) is 0 Å². The predicted molar refractivity (Wildman–Crippen MR) is 143 cm³/mol. The first-order chi connectivity index (χ1) is 18.2. The number of hydrogen-bond donors (Lipinski definition) is 1. The second-order valence-corrected chi connectivity index (χ2v) is 9.69. The molecular weight excluding hydrogens is 486 g/mol. The minimum Gasteiger partial charge on any atom is -0.497 e. The van der Waals surface area contributed by atoms with E-state index in [2.05, 4.69) is 5.32 Å². The number of dihydropyridines is 1. The Labute approximate surface area is 223 Å². The van der Waals surface area contributed by atoms with E-state index >= 15 is 0 Å². The van der Waals surface area contributed by atoms with E-state index in [1.165, 1.54) is 0 Å². The van der Waals surface area contributed by atoms with Crippen LogP contribution in [0.15, 0.2) is 58.9 Å². The molecule has 0 saturated carbocycles. The third-order valence-electron chi connectivity index (χ3n) is 7.02. The second kappa shape index (κ2) is 11.2. The lowest BCUT2D eigenvalue weighted by molar-refractivity contribution is -0.143. The van der Waals surface area contributed by atoms with E-state index in [0.717, 1.165) is 11.3 Å². The van der Waals surface area contributed by atoms with E-state index in [4.69, 9.17) is 23.7 Å². The number of ether oxygens (including phenoxy) is 5. The highest BCUT2D eigenvalue weighted by Gasteiger charge is 2.42. The molecule has 8 heteroatoms. The molecule has 202 valence electrons. The average Bonchev–Trinajstić information content (AvgIpc) is 2.90. The molecule has 0 fully saturated rings. The zero-order chi connectivity index (χ0) is 27.6. The fourth-order valence-electron chi connectivity index (χ4n) is 5.30. The Hall–Kier alpha value is -3.94. The van der Waals surface area contributed by atoms with Gasteiger partial charge in [0.05, 0.1) is 46.0 Å². The molecule has 0 bridgehead atoms. The molecule has 4 rings (SSSR count). The Balaban J connectivity index is 1.83. The lowest BCUT2D eigenvalue weighted by Gasteiger charge is -2.37. The molecule has 8 nitrogen and oxygen atoms in total. The lowest BCUT2D eigenvalue weighted by atomic mass is 9.71. The molecule has 1 aliphatic carbocycles. The quantitative estimate of drug-likeness (QED) is 0.484. The van der Waals surface area contributed by atoms with Gasteiger partial charge in [0.2, 0.25) is 0 Å². The first-order valence-electron chi connectivity index (χ1n) is 12.6. The van der Waals surface area contributed by atoms with Crippen LogP contribution >= 0.6 is 0 Å². The van der Waals surface area contributed by atoms with Crippen molar-refractivity contribution in [3.63, 3.8) is 0 Å². The van der Waals surface area contributed by atoms with Gasteiger partial charge in [0, 0.05) is 35.0 Å². The molecule has 0 spiro atoms. The van der Waals surface area contributed by atoms with Crippen molar-refractivity contribution < 1.29 is 33.3 Å². The highest BCUT2D eigenvalue weighted by atomic mass is 16.5. The van der Waals surface area contributed by atoms with Gasteiger partial charge in [-0.05, 0) is 56.9 Å². The first kappa shape index (κ1) is 27.1. The van der Waals surface area contributed by atoms with Gasteiger partial charge in [0.15, 0.2) is 17.3 Å². The number of hydrogen-bond acceptors (Lipinski definition) is 8. The number of methoxy groups -OCH3 is 4. The molecule has 2 aromatic rings. The molecule has 2 aromatic carbocycles. The molecule has 0 aromatic heterocycles. The maximum atomic E-state index is 13.9. The maximum Gasteiger partial charge on any atom is 0.337 e. The SMILES string of the molecule is COc1ccc([C@H]2C(C(=O)OC(C)C)=C(C)NC3=C2C(=O)C[C@H](c2ccc(OC)c(OC)c2)C3)c(OC)c1. The van der Waals surface area contributed by atoms with Gasteiger partial charge in [-0.1, -0.05) is 12.1 Å². The fourth-order valence-corrected chi connectivity index (χ4v) is 5.30. The molecule has 2 atom stereocenters. The summed E-state index contributed by atoms with van der Waals surface area (Å²) < 4.78 is 27.6. The number of nitrogens with one attached hydrogen (secondary N) is 1. The third kappa shape index (κ3) is 5.08.